The summed E-state index contributed by atoms with van der Waals surface area (Å²) < 4.78 is 27.3. The second kappa shape index (κ2) is 11.6. The summed E-state index contributed by atoms with van der Waals surface area (Å²) in [5.41, 5.74) is 7.17. The average Bonchev–Trinajstić information content (AvgIpc) is 2.92. The van der Waals surface area contributed by atoms with Gasteiger partial charge in [-0.3, -0.25) is 5.43 Å². The van der Waals surface area contributed by atoms with Crippen molar-refractivity contribution in [3.63, 3.8) is 0 Å². The molecule has 0 saturated carbocycles. The van der Waals surface area contributed by atoms with Crippen molar-refractivity contribution >= 4 is 33.2 Å². The molecule has 8 nitrogen and oxygen atoms in total. The highest BCUT2D eigenvalue weighted by molar-refractivity contribution is 7.89. The van der Waals surface area contributed by atoms with E-state index < -0.39 is 10.0 Å². The predicted molar refractivity (Wildman–Crippen MR) is 145 cm³/mol. The molecule has 0 atom stereocenters. The molecule has 36 heavy (non-hydrogen) atoms. The lowest BCUT2D eigenvalue weighted by molar-refractivity contribution is 0.581. The molecule has 0 bridgehead atoms. The summed E-state index contributed by atoms with van der Waals surface area (Å²) >= 11 is 0. The van der Waals surface area contributed by atoms with Crippen LogP contribution in [0.4, 0.5) is 17.5 Å². The molecule has 0 unspecified atom stereocenters. The van der Waals surface area contributed by atoms with E-state index in [2.05, 4.69) is 30.5 Å². The van der Waals surface area contributed by atoms with Crippen molar-refractivity contribution in [2.45, 2.75) is 25.2 Å². The van der Waals surface area contributed by atoms with Gasteiger partial charge in [-0.05, 0) is 48.7 Å². The van der Waals surface area contributed by atoms with E-state index in [0.717, 1.165) is 28.8 Å². The zero-order valence-corrected chi connectivity index (χ0v) is 21.0. The zero-order chi connectivity index (χ0) is 25.4. The van der Waals surface area contributed by atoms with Gasteiger partial charge in [0.05, 0.1) is 10.6 Å². The van der Waals surface area contributed by atoms with Gasteiger partial charge in [0.15, 0.2) is 5.82 Å². The zero-order valence-electron chi connectivity index (χ0n) is 20.1. The lowest BCUT2D eigenvalue weighted by atomic mass is 10.1. The molecular formula is C27H28N6O2S. The van der Waals surface area contributed by atoms with Gasteiger partial charge in [0.25, 0.3) is 0 Å². The molecule has 0 aliphatic rings. The Hall–Kier alpha value is -4.08. The van der Waals surface area contributed by atoms with Crippen LogP contribution in [0.3, 0.4) is 0 Å². The maximum atomic E-state index is 12.3. The van der Waals surface area contributed by atoms with Gasteiger partial charge in [-0.1, -0.05) is 67.6 Å². The van der Waals surface area contributed by atoms with Crippen LogP contribution < -0.4 is 15.5 Å². The number of para-hydroxylation sites is 1. The molecule has 4 rings (SSSR count). The number of anilines is 3. The molecule has 0 saturated heterocycles. The van der Waals surface area contributed by atoms with Crippen molar-refractivity contribution in [1.82, 2.24) is 14.7 Å². The van der Waals surface area contributed by atoms with Crippen LogP contribution in [0.5, 0.6) is 0 Å². The van der Waals surface area contributed by atoms with Crippen molar-refractivity contribution in [2.75, 3.05) is 17.3 Å². The number of aromatic nitrogens is 2. The Morgan fingerprint density at radius 3 is 2.25 bits per heavy atom. The number of hydrogen-bond donors (Lipinski definition) is 3. The van der Waals surface area contributed by atoms with Crippen LogP contribution in [0, 0.1) is 0 Å². The quantitative estimate of drug-likeness (QED) is 0.198. The molecule has 1 heterocycles. The number of benzene rings is 3. The number of nitrogens with zero attached hydrogens (tertiary/aromatic N) is 3. The van der Waals surface area contributed by atoms with Crippen molar-refractivity contribution in [2.24, 2.45) is 5.10 Å². The Kier molecular flexibility index (Phi) is 8.04. The summed E-state index contributed by atoms with van der Waals surface area (Å²) in [6.45, 7) is 4.16. The lowest BCUT2D eigenvalue weighted by Gasteiger charge is -2.12. The first kappa shape index (κ1) is 25.0. The number of hydrazone groups is 1. The van der Waals surface area contributed by atoms with Crippen LogP contribution >= 0.6 is 0 Å². The maximum absolute atomic E-state index is 12.3. The van der Waals surface area contributed by atoms with Gasteiger partial charge < -0.3 is 5.32 Å². The smallest absolute Gasteiger partial charge is 0.240 e. The van der Waals surface area contributed by atoms with Gasteiger partial charge >= 0.3 is 0 Å². The van der Waals surface area contributed by atoms with Crippen molar-refractivity contribution in [3.8, 4) is 11.1 Å². The predicted octanol–water partition coefficient (Wildman–Crippen LogP) is 5.41. The first-order valence-electron chi connectivity index (χ1n) is 11.6. The molecule has 3 N–H and O–H groups in total. The van der Waals surface area contributed by atoms with Gasteiger partial charge in [-0.2, -0.15) is 10.1 Å². The van der Waals surface area contributed by atoms with Gasteiger partial charge in [-0.15, -0.1) is 0 Å². The molecular weight excluding hydrogens is 472 g/mol. The van der Waals surface area contributed by atoms with E-state index in [1.165, 1.54) is 0 Å². The molecule has 1 aromatic heterocycles. The maximum Gasteiger partial charge on any atom is 0.240 e. The SMILES string of the molecule is CCCNS(=O)(=O)c1ccc(C(C)=NNc2nc(Nc3ccccc3)ncc2-c2ccccc2)cc1. The van der Waals surface area contributed by atoms with E-state index in [9.17, 15) is 8.42 Å². The molecule has 4 aromatic rings. The van der Waals surface area contributed by atoms with Gasteiger partial charge in [0, 0.05) is 24.0 Å². The number of nitrogens with one attached hydrogen (secondary N) is 3. The molecule has 0 amide bonds. The Morgan fingerprint density at radius 1 is 0.917 bits per heavy atom. The summed E-state index contributed by atoms with van der Waals surface area (Å²) in [4.78, 5) is 9.36. The fraction of sp³-hybridized carbons (Fsp3) is 0.148. The monoisotopic (exact) mass is 500 g/mol. The minimum Gasteiger partial charge on any atom is -0.324 e. The second-order valence-electron chi connectivity index (χ2n) is 8.04. The third-order valence-electron chi connectivity index (χ3n) is 5.36. The van der Waals surface area contributed by atoms with Crippen LogP contribution in [0.2, 0.25) is 0 Å². The van der Waals surface area contributed by atoms with Crippen molar-refractivity contribution in [1.29, 1.82) is 0 Å². The molecule has 0 aliphatic heterocycles. The topological polar surface area (TPSA) is 108 Å². The summed E-state index contributed by atoms with van der Waals surface area (Å²) in [5.74, 6) is 0.974. The van der Waals surface area contributed by atoms with E-state index in [0.29, 0.717) is 24.0 Å². The van der Waals surface area contributed by atoms with E-state index in [4.69, 9.17) is 0 Å². The second-order valence-corrected chi connectivity index (χ2v) is 9.81. The number of rotatable bonds is 10. The Balaban J connectivity index is 1.59. The first-order valence-corrected chi connectivity index (χ1v) is 13.1. The third-order valence-corrected chi connectivity index (χ3v) is 6.83. The lowest BCUT2D eigenvalue weighted by Crippen LogP contribution is -2.24. The third kappa shape index (κ3) is 6.32. The molecule has 0 fully saturated rings. The highest BCUT2D eigenvalue weighted by Gasteiger charge is 2.13. The van der Waals surface area contributed by atoms with Crippen molar-refractivity contribution in [3.05, 3.63) is 96.7 Å². The summed E-state index contributed by atoms with van der Waals surface area (Å²) in [7, 11) is -3.52. The van der Waals surface area contributed by atoms with E-state index >= 15 is 0 Å². The molecule has 9 heteroatoms. The Bertz CT molecular complexity index is 1420. The number of hydrogen-bond acceptors (Lipinski definition) is 7. The molecule has 3 aromatic carbocycles. The van der Waals surface area contributed by atoms with Crippen LogP contribution in [0.1, 0.15) is 25.8 Å². The summed E-state index contributed by atoms with van der Waals surface area (Å²) in [6.07, 6.45) is 2.48. The fourth-order valence-corrected chi connectivity index (χ4v) is 4.54. The van der Waals surface area contributed by atoms with Gasteiger partial charge in [0.1, 0.15) is 0 Å². The van der Waals surface area contributed by atoms with Crippen LogP contribution in [-0.4, -0.2) is 30.6 Å². The normalized spacial score (nSPS) is 11.8. The average molecular weight is 501 g/mol. The number of sulfonamides is 1. The first-order chi connectivity index (χ1) is 17.5. The summed E-state index contributed by atoms with van der Waals surface area (Å²) in [5, 5.41) is 7.73. The molecule has 0 spiro atoms. The molecule has 0 aliphatic carbocycles. The molecule has 184 valence electrons. The van der Waals surface area contributed by atoms with E-state index in [-0.39, 0.29) is 4.90 Å². The summed E-state index contributed by atoms with van der Waals surface area (Å²) in [6, 6.07) is 26.1. The van der Waals surface area contributed by atoms with E-state index in [1.807, 2.05) is 74.5 Å². The standard InChI is InChI=1S/C27H28N6O2S/c1-3-18-29-36(34,35)24-16-14-21(15-17-24)20(2)32-33-26-25(22-10-6-4-7-11-22)19-28-27(31-26)30-23-12-8-5-9-13-23/h4-17,19,29H,3,18H2,1-2H3,(H2,28,30,31,33). The van der Waals surface area contributed by atoms with Crippen LogP contribution in [0.25, 0.3) is 11.1 Å². The highest BCUT2D eigenvalue weighted by atomic mass is 32.2. The fourth-order valence-electron chi connectivity index (χ4n) is 3.40. The minimum atomic E-state index is -3.52. The highest BCUT2D eigenvalue weighted by Crippen LogP contribution is 2.27. The van der Waals surface area contributed by atoms with E-state index in [1.54, 1.807) is 30.5 Å². The van der Waals surface area contributed by atoms with Crippen LogP contribution in [0.15, 0.2) is 101 Å². The Morgan fingerprint density at radius 2 is 1.58 bits per heavy atom. The largest absolute Gasteiger partial charge is 0.324 e. The molecule has 0 radical (unpaired) electrons. The van der Waals surface area contributed by atoms with Crippen molar-refractivity contribution < 1.29 is 8.42 Å². The minimum absolute atomic E-state index is 0.222. The van der Waals surface area contributed by atoms with Gasteiger partial charge in [-0.25, -0.2) is 18.1 Å². The van der Waals surface area contributed by atoms with Gasteiger partial charge in [0.2, 0.25) is 16.0 Å². The Labute approximate surface area is 211 Å². The van der Waals surface area contributed by atoms with Crippen LogP contribution in [-0.2, 0) is 10.0 Å².